The molecule has 0 aliphatic heterocycles. The smallest absolute Gasteiger partial charge is 0.333 e. The predicted molar refractivity (Wildman–Crippen MR) is 75.7 cm³/mol. The van der Waals surface area contributed by atoms with Gasteiger partial charge in [0.05, 0.1) is 33.8 Å². The summed E-state index contributed by atoms with van der Waals surface area (Å²) in [4.78, 5) is 21.5. The first-order chi connectivity index (χ1) is 9.24. The zero-order valence-electron chi connectivity index (χ0n) is 12.9. The third kappa shape index (κ3) is 10.6. The molecule has 0 saturated carbocycles. The zero-order valence-corrected chi connectivity index (χ0v) is 12.9. The van der Waals surface area contributed by atoms with Gasteiger partial charge in [-0.15, -0.1) is 0 Å². The van der Waals surface area contributed by atoms with E-state index in [-0.39, 0.29) is 12.4 Å². The van der Waals surface area contributed by atoms with E-state index in [0.717, 1.165) is 36.8 Å². The number of unbranched alkanes of at least 4 members (excludes halogenated alkanes) is 2. The third-order valence-electron chi connectivity index (χ3n) is 3.13. The van der Waals surface area contributed by atoms with Crippen molar-refractivity contribution >= 4 is 11.9 Å². The summed E-state index contributed by atoms with van der Waals surface area (Å²) >= 11 is 0. The second kappa shape index (κ2) is 9.53. The van der Waals surface area contributed by atoms with E-state index in [9.17, 15) is 14.7 Å². The van der Waals surface area contributed by atoms with Crippen molar-refractivity contribution in [1.82, 2.24) is 0 Å². The quantitative estimate of drug-likeness (QED) is 0.245. The van der Waals surface area contributed by atoms with Crippen LogP contribution in [0.15, 0.2) is 12.2 Å². The molecule has 0 unspecified atom stereocenters. The van der Waals surface area contributed by atoms with Gasteiger partial charge in [-0.2, -0.15) is 0 Å². The van der Waals surface area contributed by atoms with E-state index in [4.69, 9.17) is 4.74 Å². The highest BCUT2D eigenvalue weighted by atomic mass is 16.5. The summed E-state index contributed by atoms with van der Waals surface area (Å²) in [5.74, 6) is -1.31. The maximum absolute atomic E-state index is 11.1. The first-order valence-corrected chi connectivity index (χ1v) is 7.09. The number of rotatable bonds is 11. The largest absolute Gasteiger partial charge is 0.550 e. The SMILES string of the molecule is C=C(C)C(=O)OCCCCC[N+](C)(C)CCCC(=O)[O-]. The molecule has 0 rings (SSSR count). The lowest BCUT2D eigenvalue weighted by Crippen LogP contribution is -2.41. The summed E-state index contributed by atoms with van der Waals surface area (Å²) in [6.07, 6.45) is 3.64. The van der Waals surface area contributed by atoms with Crippen LogP contribution in [-0.4, -0.2) is 50.2 Å². The van der Waals surface area contributed by atoms with Gasteiger partial charge in [-0.05, 0) is 32.6 Å². The fourth-order valence-corrected chi connectivity index (χ4v) is 1.87. The minimum Gasteiger partial charge on any atom is -0.550 e. The number of ether oxygens (including phenoxy) is 1. The van der Waals surface area contributed by atoms with Crippen LogP contribution in [0.25, 0.3) is 0 Å². The van der Waals surface area contributed by atoms with Crippen LogP contribution < -0.4 is 5.11 Å². The second-order valence-electron chi connectivity index (χ2n) is 5.84. The van der Waals surface area contributed by atoms with Crippen LogP contribution in [0.3, 0.4) is 0 Å². The van der Waals surface area contributed by atoms with E-state index in [0.29, 0.717) is 18.6 Å². The van der Waals surface area contributed by atoms with E-state index < -0.39 is 5.97 Å². The number of carbonyl (C=O) groups excluding carboxylic acids is 2. The van der Waals surface area contributed by atoms with Gasteiger partial charge in [0.2, 0.25) is 0 Å². The van der Waals surface area contributed by atoms with E-state index in [1.165, 1.54) is 0 Å². The van der Waals surface area contributed by atoms with Crippen molar-refractivity contribution < 1.29 is 23.9 Å². The number of carboxylic acid groups (broad SMARTS) is 1. The topological polar surface area (TPSA) is 66.4 Å². The van der Waals surface area contributed by atoms with Crippen molar-refractivity contribution in [1.29, 1.82) is 0 Å². The van der Waals surface area contributed by atoms with Gasteiger partial charge >= 0.3 is 5.97 Å². The molecule has 5 heteroatoms. The highest BCUT2D eigenvalue weighted by molar-refractivity contribution is 5.86. The summed E-state index contributed by atoms with van der Waals surface area (Å²) < 4.78 is 5.82. The molecule has 0 fully saturated rings. The van der Waals surface area contributed by atoms with Crippen molar-refractivity contribution in [3.8, 4) is 0 Å². The molecule has 0 saturated heterocycles. The Kier molecular flexibility index (Phi) is 8.88. The lowest BCUT2D eigenvalue weighted by molar-refractivity contribution is -0.890. The fraction of sp³-hybridized carbons (Fsp3) is 0.733. The molecule has 0 heterocycles. The Balaban J connectivity index is 3.59. The molecule has 0 spiro atoms. The molecule has 0 amide bonds. The Morgan fingerprint density at radius 3 is 2.25 bits per heavy atom. The monoisotopic (exact) mass is 285 g/mol. The van der Waals surface area contributed by atoms with Crippen LogP contribution in [0.1, 0.15) is 39.0 Å². The minimum absolute atomic E-state index is 0.124. The van der Waals surface area contributed by atoms with Crippen LogP contribution >= 0.6 is 0 Å². The summed E-state index contributed by atoms with van der Waals surface area (Å²) in [7, 11) is 4.19. The molecular weight excluding hydrogens is 258 g/mol. The van der Waals surface area contributed by atoms with E-state index in [1.54, 1.807) is 6.92 Å². The van der Waals surface area contributed by atoms with Gasteiger partial charge in [-0.1, -0.05) is 6.58 Å². The Morgan fingerprint density at radius 1 is 1.10 bits per heavy atom. The van der Waals surface area contributed by atoms with Gasteiger partial charge in [-0.3, -0.25) is 0 Å². The number of aliphatic carboxylic acids is 1. The van der Waals surface area contributed by atoms with Crippen LogP contribution in [0.4, 0.5) is 0 Å². The van der Waals surface area contributed by atoms with Gasteiger partial charge in [0.1, 0.15) is 0 Å². The fourth-order valence-electron chi connectivity index (χ4n) is 1.87. The standard InChI is InChI=1S/C15H27NO4/c1-13(2)15(19)20-12-7-5-6-10-16(3,4)11-8-9-14(17)18/h1,5-12H2,2-4H3. The molecule has 20 heavy (non-hydrogen) atoms. The van der Waals surface area contributed by atoms with Gasteiger partial charge in [-0.25, -0.2) is 4.79 Å². The Labute approximate surface area is 121 Å². The van der Waals surface area contributed by atoms with Crippen molar-refractivity contribution in [2.45, 2.75) is 39.0 Å². The number of nitrogens with zero attached hydrogens (tertiary/aromatic N) is 1. The van der Waals surface area contributed by atoms with Crippen molar-refractivity contribution in [2.24, 2.45) is 0 Å². The maximum atomic E-state index is 11.1. The number of quaternary nitrogens is 1. The molecule has 0 aromatic carbocycles. The first kappa shape index (κ1) is 18.6. The average molecular weight is 285 g/mol. The number of esters is 1. The van der Waals surface area contributed by atoms with Crippen LogP contribution in [0.5, 0.6) is 0 Å². The summed E-state index contributed by atoms with van der Waals surface area (Å²) in [6.45, 7) is 7.41. The molecule has 0 bridgehead atoms. The summed E-state index contributed by atoms with van der Waals surface area (Å²) in [6, 6.07) is 0. The van der Waals surface area contributed by atoms with Crippen LogP contribution in [0.2, 0.25) is 0 Å². The van der Waals surface area contributed by atoms with Crippen molar-refractivity contribution in [3.05, 3.63) is 12.2 Å². The van der Waals surface area contributed by atoms with Gasteiger partial charge in [0, 0.05) is 18.0 Å². The molecule has 0 aromatic rings. The molecule has 0 N–H and O–H groups in total. The van der Waals surface area contributed by atoms with E-state index in [2.05, 4.69) is 20.7 Å². The maximum Gasteiger partial charge on any atom is 0.333 e. The summed E-state index contributed by atoms with van der Waals surface area (Å²) in [5, 5.41) is 10.4. The Morgan fingerprint density at radius 2 is 1.70 bits per heavy atom. The van der Waals surface area contributed by atoms with Crippen LogP contribution in [0, 0.1) is 0 Å². The highest BCUT2D eigenvalue weighted by Crippen LogP contribution is 2.06. The van der Waals surface area contributed by atoms with Crippen LogP contribution in [-0.2, 0) is 14.3 Å². The molecule has 0 atom stereocenters. The molecule has 5 nitrogen and oxygen atoms in total. The predicted octanol–water partition coefficient (Wildman–Crippen LogP) is 0.883. The zero-order chi connectivity index (χ0) is 15.6. The van der Waals surface area contributed by atoms with Gasteiger partial charge < -0.3 is 19.1 Å². The molecule has 0 aromatic heterocycles. The van der Waals surface area contributed by atoms with E-state index in [1.807, 2.05) is 0 Å². The molecule has 0 aliphatic carbocycles. The lowest BCUT2D eigenvalue weighted by atomic mass is 10.2. The Hall–Kier alpha value is -1.36. The number of carboxylic acids is 1. The number of hydrogen-bond acceptors (Lipinski definition) is 4. The first-order valence-electron chi connectivity index (χ1n) is 7.09. The normalized spacial score (nSPS) is 11.2. The second-order valence-corrected chi connectivity index (χ2v) is 5.84. The molecule has 116 valence electrons. The molecule has 0 aliphatic rings. The molecule has 0 radical (unpaired) electrons. The highest BCUT2D eigenvalue weighted by Gasteiger charge is 2.13. The average Bonchev–Trinajstić information content (AvgIpc) is 2.32. The lowest BCUT2D eigenvalue weighted by Gasteiger charge is -2.30. The van der Waals surface area contributed by atoms with Gasteiger partial charge in [0.15, 0.2) is 0 Å². The number of hydrogen-bond donors (Lipinski definition) is 0. The number of carbonyl (C=O) groups is 2. The minimum atomic E-state index is -0.982. The van der Waals surface area contributed by atoms with Crippen molar-refractivity contribution in [2.75, 3.05) is 33.8 Å². The van der Waals surface area contributed by atoms with Crippen molar-refractivity contribution in [3.63, 3.8) is 0 Å². The van der Waals surface area contributed by atoms with E-state index >= 15 is 0 Å². The van der Waals surface area contributed by atoms with Gasteiger partial charge in [0.25, 0.3) is 0 Å². The third-order valence-corrected chi connectivity index (χ3v) is 3.13. The summed E-state index contributed by atoms with van der Waals surface area (Å²) in [5.41, 5.74) is 0.427. The Bertz CT molecular complexity index is 337. The molecular formula is C15H27NO4.